The molecule has 0 aliphatic carbocycles. The Kier molecular flexibility index (Phi) is 5.52. The van der Waals surface area contributed by atoms with Gasteiger partial charge in [-0.3, -0.25) is 4.79 Å². The molecule has 1 amide bonds. The summed E-state index contributed by atoms with van der Waals surface area (Å²) in [6.07, 6.45) is 0. The lowest BCUT2D eigenvalue weighted by molar-refractivity contribution is -0.140. The highest BCUT2D eigenvalue weighted by Gasteiger charge is 2.26. The van der Waals surface area contributed by atoms with E-state index in [1.807, 2.05) is 0 Å². The van der Waals surface area contributed by atoms with Gasteiger partial charge in [0.1, 0.15) is 6.04 Å². The van der Waals surface area contributed by atoms with Crippen LogP contribution in [0.3, 0.4) is 0 Å². The summed E-state index contributed by atoms with van der Waals surface area (Å²) in [6.45, 7) is 1.13. The van der Waals surface area contributed by atoms with Crippen molar-refractivity contribution in [2.24, 2.45) is 0 Å². The number of benzene rings is 1. The van der Waals surface area contributed by atoms with Gasteiger partial charge < -0.3 is 10.4 Å². The number of sulfone groups is 1. The summed E-state index contributed by atoms with van der Waals surface area (Å²) < 4.78 is 23.9. The predicted octanol–water partition coefficient (Wildman–Crippen LogP) is 0.844. The number of carbonyl (C=O) groups is 2. The second kappa shape index (κ2) is 6.71. The fourth-order valence-electron chi connectivity index (χ4n) is 1.57. The molecule has 1 rings (SSSR count). The highest BCUT2D eigenvalue weighted by atomic mass is 35.5. The molecule has 6 nitrogen and oxygen atoms in total. The fourth-order valence-corrected chi connectivity index (χ4v) is 3.25. The molecule has 0 saturated carbocycles. The van der Waals surface area contributed by atoms with E-state index < -0.39 is 33.5 Å². The molecule has 1 unspecified atom stereocenters. The third-order valence-electron chi connectivity index (χ3n) is 2.40. The lowest BCUT2D eigenvalue weighted by atomic mass is 10.2. The molecule has 0 heterocycles. The number of carboxylic acid groups (broad SMARTS) is 1. The third kappa shape index (κ3) is 5.58. The lowest BCUT2D eigenvalue weighted by Crippen LogP contribution is -2.44. The van der Waals surface area contributed by atoms with E-state index in [1.165, 1.54) is 0 Å². The van der Waals surface area contributed by atoms with Crippen molar-refractivity contribution in [3.05, 3.63) is 34.9 Å². The van der Waals surface area contributed by atoms with Crippen LogP contribution in [0.25, 0.3) is 0 Å². The van der Waals surface area contributed by atoms with Crippen LogP contribution >= 0.6 is 11.6 Å². The van der Waals surface area contributed by atoms with Gasteiger partial charge >= 0.3 is 5.97 Å². The van der Waals surface area contributed by atoms with E-state index >= 15 is 0 Å². The van der Waals surface area contributed by atoms with Gasteiger partial charge in [0.05, 0.1) is 11.5 Å². The molecule has 20 heavy (non-hydrogen) atoms. The molecular formula is C12H14ClNO5S. The normalized spacial score (nSPS) is 12.7. The van der Waals surface area contributed by atoms with Gasteiger partial charge in [0, 0.05) is 11.9 Å². The first kappa shape index (κ1) is 16.5. The average molecular weight is 320 g/mol. The van der Waals surface area contributed by atoms with E-state index in [0.29, 0.717) is 10.6 Å². The van der Waals surface area contributed by atoms with E-state index in [-0.39, 0.29) is 5.75 Å². The van der Waals surface area contributed by atoms with Crippen molar-refractivity contribution in [3.63, 3.8) is 0 Å². The monoisotopic (exact) mass is 319 g/mol. The van der Waals surface area contributed by atoms with Crippen molar-refractivity contribution in [2.45, 2.75) is 18.7 Å². The number of hydrogen-bond acceptors (Lipinski definition) is 4. The molecule has 0 aliphatic heterocycles. The van der Waals surface area contributed by atoms with Crippen molar-refractivity contribution < 1.29 is 23.1 Å². The molecule has 0 saturated heterocycles. The summed E-state index contributed by atoms with van der Waals surface area (Å²) in [5, 5.41) is 11.5. The molecule has 1 atom stereocenters. The number of rotatable bonds is 6. The Morgan fingerprint density at radius 1 is 1.30 bits per heavy atom. The van der Waals surface area contributed by atoms with Crippen molar-refractivity contribution in [1.29, 1.82) is 0 Å². The first-order chi connectivity index (χ1) is 9.19. The minimum absolute atomic E-state index is 0.312. The molecule has 2 N–H and O–H groups in total. The number of carboxylic acids is 1. The van der Waals surface area contributed by atoms with E-state index in [9.17, 15) is 18.0 Å². The number of amides is 1. The number of halogens is 1. The van der Waals surface area contributed by atoms with Crippen LogP contribution in [0.5, 0.6) is 0 Å². The number of nitrogens with one attached hydrogen (secondary N) is 1. The molecule has 8 heteroatoms. The first-order valence-corrected chi connectivity index (χ1v) is 7.84. The van der Waals surface area contributed by atoms with Crippen molar-refractivity contribution in [3.8, 4) is 0 Å². The van der Waals surface area contributed by atoms with Gasteiger partial charge in [-0.15, -0.1) is 0 Å². The maximum absolute atomic E-state index is 11.9. The molecule has 0 aliphatic rings. The van der Waals surface area contributed by atoms with Gasteiger partial charge in [-0.05, 0) is 17.7 Å². The van der Waals surface area contributed by atoms with Crippen molar-refractivity contribution >= 4 is 33.3 Å². The van der Waals surface area contributed by atoms with Gasteiger partial charge in [0.2, 0.25) is 5.91 Å². The van der Waals surface area contributed by atoms with Crippen molar-refractivity contribution in [1.82, 2.24) is 5.32 Å². The maximum atomic E-state index is 11.9. The highest BCUT2D eigenvalue weighted by molar-refractivity contribution is 7.90. The van der Waals surface area contributed by atoms with Crippen LogP contribution in [-0.4, -0.2) is 37.2 Å². The van der Waals surface area contributed by atoms with Crippen molar-refractivity contribution in [2.75, 3.05) is 5.75 Å². The molecule has 1 aromatic rings. The van der Waals surface area contributed by atoms with Gasteiger partial charge in [0.25, 0.3) is 0 Å². The zero-order valence-corrected chi connectivity index (χ0v) is 12.2. The molecule has 0 radical (unpaired) electrons. The van der Waals surface area contributed by atoms with E-state index in [0.717, 1.165) is 6.92 Å². The maximum Gasteiger partial charge on any atom is 0.327 e. The van der Waals surface area contributed by atoms with E-state index in [2.05, 4.69) is 5.32 Å². The minimum atomic E-state index is -3.68. The van der Waals surface area contributed by atoms with Crippen LogP contribution in [0, 0.1) is 0 Å². The summed E-state index contributed by atoms with van der Waals surface area (Å²) in [5.41, 5.74) is 0.501. The van der Waals surface area contributed by atoms with Gasteiger partial charge in [-0.1, -0.05) is 23.7 Å². The summed E-state index contributed by atoms with van der Waals surface area (Å²) in [7, 11) is -3.68. The van der Waals surface area contributed by atoms with E-state index in [1.54, 1.807) is 24.3 Å². The summed E-state index contributed by atoms with van der Waals surface area (Å²) in [5.74, 6) is -2.96. The second-order valence-electron chi connectivity index (χ2n) is 4.27. The van der Waals surface area contributed by atoms with E-state index in [4.69, 9.17) is 16.7 Å². The zero-order chi connectivity index (χ0) is 15.3. The van der Waals surface area contributed by atoms with Crippen LogP contribution < -0.4 is 5.32 Å². The molecule has 0 spiro atoms. The largest absolute Gasteiger partial charge is 0.480 e. The smallest absolute Gasteiger partial charge is 0.327 e. The predicted molar refractivity (Wildman–Crippen MR) is 74.2 cm³/mol. The second-order valence-corrected chi connectivity index (χ2v) is 6.82. The summed E-state index contributed by atoms with van der Waals surface area (Å²) >= 11 is 5.69. The lowest BCUT2D eigenvalue weighted by Gasteiger charge is -2.13. The van der Waals surface area contributed by atoms with Crippen LogP contribution in [0.1, 0.15) is 12.5 Å². The first-order valence-electron chi connectivity index (χ1n) is 5.64. The standard InChI is InChI=1S/C12H14ClNO5S/c1-8(15)14-11(12(16)17)7-20(18,19)6-9-2-4-10(13)5-3-9/h2-5,11H,6-7H2,1H3,(H,14,15)(H,16,17). The Bertz CT molecular complexity index is 597. The fraction of sp³-hybridized carbons (Fsp3) is 0.333. The van der Waals surface area contributed by atoms with Crippen LogP contribution in [0.15, 0.2) is 24.3 Å². The number of aliphatic carboxylic acids is 1. The van der Waals surface area contributed by atoms with Crippen LogP contribution in [0.4, 0.5) is 0 Å². The Balaban J connectivity index is 2.79. The topological polar surface area (TPSA) is 101 Å². The van der Waals surface area contributed by atoms with Gasteiger partial charge in [-0.2, -0.15) is 0 Å². The molecule has 1 aromatic carbocycles. The number of carbonyl (C=O) groups excluding carboxylic acids is 1. The Morgan fingerprint density at radius 3 is 2.30 bits per heavy atom. The molecule has 0 fully saturated rings. The highest BCUT2D eigenvalue weighted by Crippen LogP contribution is 2.13. The minimum Gasteiger partial charge on any atom is -0.480 e. The Labute approximate surface area is 121 Å². The summed E-state index contributed by atoms with van der Waals surface area (Å²) in [6, 6.07) is 4.75. The quantitative estimate of drug-likeness (QED) is 0.809. The van der Waals surface area contributed by atoms with Crippen LogP contribution in [-0.2, 0) is 25.2 Å². The van der Waals surface area contributed by atoms with Crippen LogP contribution in [0.2, 0.25) is 5.02 Å². The van der Waals surface area contributed by atoms with Gasteiger partial charge in [0.15, 0.2) is 9.84 Å². The van der Waals surface area contributed by atoms with Gasteiger partial charge in [-0.25, -0.2) is 13.2 Å². The molecule has 0 aromatic heterocycles. The molecule has 0 bridgehead atoms. The molecule has 110 valence electrons. The Hall–Kier alpha value is -1.60. The average Bonchev–Trinajstić information content (AvgIpc) is 2.30. The SMILES string of the molecule is CC(=O)NC(CS(=O)(=O)Cc1ccc(Cl)cc1)C(=O)O. The third-order valence-corrected chi connectivity index (χ3v) is 4.26. The summed E-state index contributed by atoms with van der Waals surface area (Å²) in [4.78, 5) is 21.8. The number of hydrogen-bond donors (Lipinski definition) is 2. The zero-order valence-electron chi connectivity index (χ0n) is 10.7. The molecular weight excluding hydrogens is 306 g/mol. The Morgan fingerprint density at radius 2 is 1.85 bits per heavy atom.